The van der Waals surface area contributed by atoms with Crippen LogP contribution in [-0.4, -0.2) is 38.1 Å². The second-order valence-electron chi connectivity index (χ2n) is 6.10. The number of carbonyl (C=O) groups is 2. The number of halogens is 1. The van der Waals surface area contributed by atoms with Gasteiger partial charge in [-0.1, -0.05) is 29.8 Å². The Morgan fingerprint density at radius 2 is 1.74 bits per heavy atom. The number of amides is 2. The molecule has 7 heteroatoms. The molecule has 0 radical (unpaired) electrons. The molecule has 2 aromatic carbocycles. The Kier molecular flexibility index (Phi) is 6.54. The van der Waals surface area contributed by atoms with Gasteiger partial charge in [0.15, 0.2) is 11.5 Å². The molecule has 1 aliphatic rings. The molecule has 6 nitrogen and oxygen atoms in total. The molecule has 2 N–H and O–H groups in total. The fraction of sp³-hybridized carbons (Fsp3) is 0.300. The maximum absolute atomic E-state index is 12.1. The van der Waals surface area contributed by atoms with Crippen molar-refractivity contribution in [2.75, 3.05) is 26.3 Å². The van der Waals surface area contributed by atoms with Gasteiger partial charge >= 0.3 is 0 Å². The molecular formula is C20H21ClN2O4. The van der Waals surface area contributed by atoms with Gasteiger partial charge in [-0.15, -0.1) is 0 Å². The van der Waals surface area contributed by atoms with Crippen LogP contribution >= 0.6 is 11.6 Å². The zero-order chi connectivity index (χ0) is 19.1. The average Bonchev–Trinajstić information content (AvgIpc) is 2.91. The molecule has 0 atom stereocenters. The Morgan fingerprint density at radius 1 is 1.00 bits per heavy atom. The molecule has 2 amide bonds. The SMILES string of the molecule is O=C(Cc1cc(Cl)c2c(c1)OCCCO2)NCCNC(=O)c1ccccc1. The van der Waals surface area contributed by atoms with Crippen LogP contribution in [0.25, 0.3) is 0 Å². The molecule has 0 saturated carbocycles. The van der Waals surface area contributed by atoms with E-state index in [1.807, 2.05) is 6.07 Å². The highest BCUT2D eigenvalue weighted by Crippen LogP contribution is 2.38. The van der Waals surface area contributed by atoms with Gasteiger partial charge in [-0.3, -0.25) is 9.59 Å². The molecule has 0 unspecified atom stereocenters. The summed E-state index contributed by atoms with van der Waals surface area (Å²) in [4.78, 5) is 24.1. The van der Waals surface area contributed by atoms with Crippen molar-refractivity contribution in [1.82, 2.24) is 10.6 Å². The van der Waals surface area contributed by atoms with Crippen LogP contribution in [0.4, 0.5) is 0 Å². The molecule has 1 aliphatic heterocycles. The summed E-state index contributed by atoms with van der Waals surface area (Å²) >= 11 is 6.24. The van der Waals surface area contributed by atoms with E-state index < -0.39 is 0 Å². The van der Waals surface area contributed by atoms with Gasteiger partial charge in [-0.05, 0) is 29.8 Å². The second kappa shape index (κ2) is 9.28. The fourth-order valence-electron chi connectivity index (χ4n) is 2.70. The number of rotatable bonds is 6. The quantitative estimate of drug-likeness (QED) is 0.746. The van der Waals surface area contributed by atoms with E-state index in [0.717, 1.165) is 12.0 Å². The highest BCUT2D eigenvalue weighted by atomic mass is 35.5. The van der Waals surface area contributed by atoms with Crippen LogP contribution in [0.2, 0.25) is 5.02 Å². The van der Waals surface area contributed by atoms with E-state index in [9.17, 15) is 9.59 Å². The second-order valence-corrected chi connectivity index (χ2v) is 6.51. The Morgan fingerprint density at radius 3 is 2.56 bits per heavy atom. The Bertz CT molecular complexity index is 811. The molecule has 142 valence electrons. The van der Waals surface area contributed by atoms with E-state index in [1.54, 1.807) is 36.4 Å². The molecule has 0 bridgehead atoms. The lowest BCUT2D eigenvalue weighted by atomic mass is 10.1. The number of ether oxygens (including phenoxy) is 2. The summed E-state index contributed by atoms with van der Waals surface area (Å²) in [6, 6.07) is 12.4. The van der Waals surface area contributed by atoms with E-state index in [1.165, 1.54) is 0 Å². The van der Waals surface area contributed by atoms with Gasteiger partial charge in [0, 0.05) is 25.1 Å². The van der Waals surface area contributed by atoms with Gasteiger partial charge in [0.2, 0.25) is 5.91 Å². The Balaban J connectivity index is 1.46. The minimum absolute atomic E-state index is 0.158. The highest BCUT2D eigenvalue weighted by molar-refractivity contribution is 6.32. The minimum atomic E-state index is -0.167. The van der Waals surface area contributed by atoms with E-state index in [0.29, 0.717) is 48.4 Å². The van der Waals surface area contributed by atoms with Crippen molar-refractivity contribution in [1.29, 1.82) is 0 Å². The van der Waals surface area contributed by atoms with Crippen LogP contribution < -0.4 is 20.1 Å². The first-order valence-electron chi connectivity index (χ1n) is 8.81. The number of hydrogen-bond donors (Lipinski definition) is 2. The average molecular weight is 389 g/mol. The van der Waals surface area contributed by atoms with Crippen LogP contribution in [0.5, 0.6) is 11.5 Å². The largest absolute Gasteiger partial charge is 0.489 e. The maximum Gasteiger partial charge on any atom is 0.251 e. The molecule has 1 heterocycles. The highest BCUT2D eigenvalue weighted by Gasteiger charge is 2.16. The van der Waals surface area contributed by atoms with Crippen molar-refractivity contribution in [3.05, 3.63) is 58.6 Å². The number of nitrogens with one attached hydrogen (secondary N) is 2. The summed E-state index contributed by atoms with van der Waals surface area (Å²) in [6.07, 6.45) is 0.957. The summed E-state index contributed by atoms with van der Waals surface area (Å²) in [5.74, 6) is 0.772. The fourth-order valence-corrected chi connectivity index (χ4v) is 2.99. The van der Waals surface area contributed by atoms with Gasteiger partial charge in [-0.2, -0.15) is 0 Å². The minimum Gasteiger partial charge on any atom is -0.489 e. The van der Waals surface area contributed by atoms with Crippen LogP contribution in [0, 0.1) is 0 Å². The predicted molar refractivity (Wildman–Crippen MR) is 103 cm³/mol. The molecule has 2 aromatic rings. The number of carbonyl (C=O) groups excluding carboxylic acids is 2. The molecule has 0 aromatic heterocycles. The van der Waals surface area contributed by atoms with E-state index in [2.05, 4.69) is 10.6 Å². The van der Waals surface area contributed by atoms with Crippen molar-refractivity contribution < 1.29 is 19.1 Å². The Hall–Kier alpha value is -2.73. The lowest BCUT2D eigenvalue weighted by Crippen LogP contribution is -2.35. The van der Waals surface area contributed by atoms with Crippen molar-refractivity contribution >= 4 is 23.4 Å². The normalized spacial score (nSPS) is 12.8. The van der Waals surface area contributed by atoms with Gasteiger partial charge in [0.25, 0.3) is 5.91 Å². The van der Waals surface area contributed by atoms with E-state index >= 15 is 0 Å². The smallest absolute Gasteiger partial charge is 0.251 e. The summed E-state index contributed by atoms with van der Waals surface area (Å²) < 4.78 is 11.2. The topological polar surface area (TPSA) is 76.7 Å². The molecule has 0 spiro atoms. The van der Waals surface area contributed by atoms with Gasteiger partial charge in [0.05, 0.1) is 24.7 Å². The molecule has 0 aliphatic carbocycles. The maximum atomic E-state index is 12.1. The summed E-state index contributed by atoms with van der Waals surface area (Å²) in [6.45, 7) is 1.80. The molecule has 27 heavy (non-hydrogen) atoms. The summed E-state index contributed by atoms with van der Waals surface area (Å²) in [5.41, 5.74) is 1.33. The van der Waals surface area contributed by atoms with Gasteiger partial charge in [0.1, 0.15) is 0 Å². The number of hydrogen-bond acceptors (Lipinski definition) is 4. The predicted octanol–water partition coefficient (Wildman–Crippen LogP) is 2.59. The van der Waals surface area contributed by atoms with Crippen LogP contribution in [0.3, 0.4) is 0 Å². The zero-order valence-corrected chi connectivity index (χ0v) is 15.6. The number of benzene rings is 2. The summed E-state index contributed by atoms with van der Waals surface area (Å²) in [7, 11) is 0. The summed E-state index contributed by atoms with van der Waals surface area (Å²) in [5, 5.41) is 5.98. The monoisotopic (exact) mass is 388 g/mol. The number of fused-ring (bicyclic) bond motifs is 1. The van der Waals surface area contributed by atoms with Crippen LogP contribution in [-0.2, 0) is 11.2 Å². The Labute approximate surface area is 162 Å². The van der Waals surface area contributed by atoms with Crippen LogP contribution in [0.15, 0.2) is 42.5 Å². The van der Waals surface area contributed by atoms with Gasteiger partial charge < -0.3 is 20.1 Å². The lowest BCUT2D eigenvalue weighted by Gasteiger charge is -2.12. The van der Waals surface area contributed by atoms with Crippen molar-refractivity contribution in [3.63, 3.8) is 0 Å². The first-order chi connectivity index (χ1) is 13.1. The third-order valence-corrected chi connectivity index (χ3v) is 4.28. The van der Waals surface area contributed by atoms with Crippen molar-refractivity contribution in [2.24, 2.45) is 0 Å². The van der Waals surface area contributed by atoms with Crippen molar-refractivity contribution in [3.8, 4) is 11.5 Å². The van der Waals surface area contributed by atoms with Crippen molar-refractivity contribution in [2.45, 2.75) is 12.8 Å². The third kappa shape index (κ3) is 5.37. The first kappa shape index (κ1) is 19.0. The molecular weight excluding hydrogens is 368 g/mol. The van der Waals surface area contributed by atoms with Gasteiger partial charge in [-0.25, -0.2) is 0 Å². The standard InChI is InChI=1S/C20H21ClN2O4/c21-16-11-14(12-17-19(16)27-10-4-9-26-17)13-18(24)22-7-8-23-20(25)15-5-2-1-3-6-15/h1-3,5-6,11-12H,4,7-10,13H2,(H,22,24)(H,23,25). The van der Waals surface area contributed by atoms with Crippen LogP contribution in [0.1, 0.15) is 22.3 Å². The van der Waals surface area contributed by atoms with E-state index in [-0.39, 0.29) is 18.2 Å². The zero-order valence-electron chi connectivity index (χ0n) is 14.8. The molecule has 0 fully saturated rings. The molecule has 0 saturated heterocycles. The first-order valence-corrected chi connectivity index (χ1v) is 9.19. The van der Waals surface area contributed by atoms with E-state index in [4.69, 9.17) is 21.1 Å². The molecule has 3 rings (SSSR count). The lowest BCUT2D eigenvalue weighted by molar-refractivity contribution is -0.120. The third-order valence-electron chi connectivity index (χ3n) is 4.00.